The van der Waals surface area contributed by atoms with E-state index in [1.165, 1.54) is 0 Å². The number of aromatic nitrogens is 2. The molecule has 2 rings (SSSR count). The molecule has 0 spiro atoms. The van der Waals surface area contributed by atoms with Gasteiger partial charge in [0, 0.05) is 24.5 Å². The predicted octanol–water partition coefficient (Wildman–Crippen LogP) is 3.80. The summed E-state index contributed by atoms with van der Waals surface area (Å²) in [6.45, 7) is 1.92. The smallest absolute Gasteiger partial charge is 0.145 e. The third-order valence-corrected chi connectivity index (χ3v) is 2.91. The molecule has 0 aliphatic heterocycles. The summed E-state index contributed by atoms with van der Waals surface area (Å²) in [4.78, 5) is 8.54. The van der Waals surface area contributed by atoms with Crippen molar-refractivity contribution in [3.8, 4) is 11.3 Å². The van der Waals surface area contributed by atoms with Crippen LogP contribution in [0.2, 0.25) is 10.0 Å². The van der Waals surface area contributed by atoms with Gasteiger partial charge in [0.15, 0.2) is 0 Å². The van der Waals surface area contributed by atoms with E-state index in [0.717, 1.165) is 11.3 Å². The first-order valence-electron chi connectivity index (χ1n) is 5.08. The number of rotatable bonds is 2. The van der Waals surface area contributed by atoms with E-state index in [-0.39, 0.29) is 0 Å². The first-order valence-corrected chi connectivity index (χ1v) is 5.84. The molecular weight excluding hydrogens is 257 g/mol. The Hall–Kier alpha value is -1.32. The lowest BCUT2D eigenvalue weighted by Crippen LogP contribution is -1.96. The maximum absolute atomic E-state index is 6.15. The maximum atomic E-state index is 6.15. The van der Waals surface area contributed by atoms with Crippen molar-refractivity contribution in [2.45, 2.75) is 6.92 Å². The SMILES string of the molecule is CNc1nc(-c2ccnc(C)c2)c(Cl)cc1Cl. The molecule has 0 aromatic carbocycles. The largest absolute Gasteiger partial charge is 0.372 e. The number of halogens is 2. The van der Waals surface area contributed by atoms with Crippen LogP contribution in [0, 0.1) is 6.92 Å². The van der Waals surface area contributed by atoms with Gasteiger partial charge in [-0.1, -0.05) is 23.2 Å². The Morgan fingerprint density at radius 1 is 1.18 bits per heavy atom. The second kappa shape index (κ2) is 4.90. The molecule has 0 bridgehead atoms. The molecule has 0 unspecified atom stereocenters. The number of anilines is 1. The van der Waals surface area contributed by atoms with Crippen LogP contribution in [0.4, 0.5) is 5.82 Å². The first kappa shape index (κ1) is 12.1. The lowest BCUT2D eigenvalue weighted by atomic mass is 10.1. The predicted molar refractivity (Wildman–Crippen MR) is 71.8 cm³/mol. The van der Waals surface area contributed by atoms with Crippen LogP contribution in [-0.4, -0.2) is 17.0 Å². The number of hydrogen-bond acceptors (Lipinski definition) is 3. The highest BCUT2D eigenvalue weighted by Gasteiger charge is 2.10. The van der Waals surface area contributed by atoms with Crippen LogP contribution < -0.4 is 5.32 Å². The molecule has 1 N–H and O–H groups in total. The lowest BCUT2D eigenvalue weighted by molar-refractivity contribution is 1.19. The van der Waals surface area contributed by atoms with Crippen molar-refractivity contribution in [1.29, 1.82) is 0 Å². The summed E-state index contributed by atoms with van der Waals surface area (Å²) in [7, 11) is 1.77. The van der Waals surface area contributed by atoms with Gasteiger partial charge in [0.05, 0.1) is 15.7 Å². The van der Waals surface area contributed by atoms with Gasteiger partial charge < -0.3 is 5.32 Å². The second-order valence-electron chi connectivity index (χ2n) is 3.59. The zero-order valence-corrected chi connectivity index (χ0v) is 11.0. The molecular formula is C12H11Cl2N3. The molecule has 2 aromatic rings. The summed E-state index contributed by atoms with van der Waals surface area (Å²) in [5.74, 6) is 0.612. The first-order chi connectivity index (χ1) is 8.11. The monoisotopic (exact) mass is 267 g/mol. The van der Waals surface area contributed by atoms with Gasteiger partial charge in [0.2, 0.25) is 0 Å². The molecule has 2 heterocycles. The Kier molecular flexibility index (Phi) is 3.50. The van der Waals surface area contributed by atoms with Gasteiger partial charge in [0.1, 0.15) is 5.82 Å². The second-order valence-corrected chi connectivity index (χ2v) is 4.40. The zero-order chi connectivity index (χ0) is 12.4. The number of aryl methyl sites for hydroxylation is 1. The summed E-state index contributed by atoms with van der Waals surface area (Å²) in [6.07, 6.45) is 1.73. The van der Waals surface area contributed by atoms with Crippen molar-refractivity contribution in [2.75, 3.05) is 12.4 Å². The zero-order valence-electron chi connectivity index (χ0n) is 9.46. The van der Waals surface area contributed by atoms with Crippen LogP contribution in [0.25, 0.3) is 11.3 Å². The molecule has 0 aliphatic carbocycles. The van der Waals surface area contributed by atoms with Crippen LogP contribution >= 0.6 is 23.2 Å². The third-order valence-electron chi connectivity index (χ3n) is 2.34. The summed E-state index contributed by atoms with van der Waals surface area (Å²) >= 11 is 12.1. The van der Waals surface area contributed by atoms with Crippen molar-refractivity contribution >= 4 is 29.0 Å². The van der Waals surface area contributed by atoms with Crippen molar-refractivity contribution in [2.24, 2.45) is 0 Å². The van der Waals surface area contributed by atoms with E-state index < -0.39 is 0 Å². The standard InChI is InChI=1S/C12H11Cl2N3/c1-7-5-8(3-4-16-7)11-9(13)6-10(14)12(15-2)17-11/h3-6H,1-2H3,(H,15,17). The van der Waals surface area contributed by atoms with E-state index in [1.807, 2.05) is 19.1 Å². The minimum Gasteiger partial charge on any atom is -0.372 e. The Balaban J connectivity index is 2.59. The molecule has 17 heavy (non-hydrogen) atoms. The van der Waals surface area contributed by atoms with E-state index in [9.17, 15) is 0 Å². The molecule has 0 radical (unpaired) electrons. The van der Waals surface area contributed by atoms with Gasteiger partial charge in [-0.3, -0.25) is 4.98 Å². The van der Waals surface area contributed by atoms with Crippen molar-refractivity contribution in [3.05, 3.63) is 40.1 Å². The van der Waals surface area contributed by atoms with Crippen molar-refractivity contribution in [1.82, 2.24) is 9.97 Å². The molecule has 0 amide bonds. The number of pyridine rings is 2. The van der Waals surface area contributed by atoms with E-state index >= 15 is 0 Å². The van der Waals surface area contributed by atoms with Crippen LogP contribution in [0.3, 0.4) is 0 Å². The highest BCUT2D eigenvalue weighted by atomic mass is 35.5. The molecule has 2 aromatic heterocycles. The Morgan fingerprint density at radius 2 is 1.94 bits per heavy atom. The number of hydrogen-bond donors (Lipinski definition) is 1. The van der Waals surface area contributed by atoms with Gasteiger partial charge in [0.25, 0.3) is 0 Å². The van der Waals surface area contributed by atoms with Gasteiger partial charge in [-0.15, -0.1) is 0 Å². The summed E-state index contributed by atoms with van der Waals surface area (Å²) < 4.78 is 0. The molecule has 5 heteroatoms. The van der Waals surface area contributed by atoms with Crippen LogP contribution in [0.15, 0.2) is 24.4 Å². The minimum atomic E-state index is 0.507. The van der Waals surface area contributed by atoms with Gasteiger partial charge >= 0.3 is 0 Å². The third kappa shape index (κ3) is 2.51. The van der Waals surface area contributed by atoms with E-state index in [1.54, 1.807) is 19.3 Å². The molecule has 0 atom stereocenters. The number of nitrogens with one attached hydrogen (secondary N) is 1. The molecule has 0 saturated heterocycles. The quantitative estimate of drug-likeness (QED) is 0.900. The van der Waals surface area contributed by atoms with Gasteiger partial charge in [-0.2, -0.15) is 0 Å². The van der Waals surface area contributed by atoms with Crippen LogP contribution in [0.1, 0.15) is 5.69 Å². The van der Waals surface area contributed by atoms with E-state index in [4.69, 9.17) is 23.2 Å². The van der Waals surface area contributed by atoms with E-state index in [2.05, 4.69) is 15.3 Å². The lowest BCUT2D eigenvalue weighted by Gasteiger charge is -2.08. The fraction of sp³-hybridized carbons (Fsp3) is 0.167. The van der Waals surface area contributed by atoms with Gasteiger partial charge in [-0.25, -0.2) is 4.98 Å². The van der Waals surface area contributed by atoms with Crippen molar-refractivity contribution < 1.29 is 0 Å². The number of nitrogens with zero attached hydrogens (tertiary/aromatic N) is 2. The average molecular weight is 268 g/mol. The molecule has 0 aliphatic rings. The normalized spacial score (nSPS) is 10.4. The summed E-state index contributed by atoms with van der Waals surface area (Å²) in [5, 5.41) is 3.96. The van der Waals surface area contributed by atoms with Gasteiger partial charge in [-0.05, 0) is 25.1 Å². The van der Waals surface area contributed by atoms with E-state index in [0.29, 0.717) is 21.6 Å². The summed E-state index contributed by atoms with van der Waals surface area (Å²) in [5.41, 5.74) is 2.54. The molecule has 0 fully saturated rings. The molecule has 0 saturated carbocycles. The Bertz CT molecular complexity index is 555. The summed E-state index contributed by atoms with van der Waals surface area (Å²) in [6, 6.07) is 5.49. The molecule has 3 nitrogen and oxygen atoms in total. The highest BCUT2D eigenvalue weighted by Crippen LogP contribution is 2.32. The highest BCUT2D eigenvalue weighted by molar-refractivity contribution is 6.37. The molecule has 88 valence electrons. The topological polar surface area (TPSA) is 37.8 Å². The minimum absolute atomic E-state index is 0.507. The average Bonchev–Trinajstić information content (AvgIpc) is 2.29. The fourth-order valence-corrected chi connectivity index (χ4v) is 2.10. The maximum Gasteiger partial charge on any atom is 0.145 e. The van der Waals surface area contributed by atoms with Crippen LogP contribution in [0.5, 0.6) is 0 Å². The fourth-order valence-electron chi connectivity index (χ4n) is 1.54. The Morgan fingerprint density at radius 3 is 2.59 bits per heavy atom. The van der Waals surface area contributed by atoms with Crippen LogP contribution in [-0.2, 0) is 0 Å². The Labute approximate surface area is 110 Å². The van der Waals surface area contributed by atoms with Crippen molar-refractivity contribution in [3.63, 3.8) is 0 Å².